The highest BCUT2D eigenvalue weighted by Crippen LogP contribution is 2.30. The maximum absolute atomic E-state index is 13.0. The Bertz CT molecular complexity index is 1450. The van der Waals surface area contributed by atoms with E-state index in [4.69, 9.17) is 16.3 Å². The fourth-order valence-corrected chi connectivity index (χ4v) is 4.46. The molecule has 9 heteroatoms. The van der Waals surface area contributed by atoms with Crippen LogP contribution in [0.3, 0.4) is 0 Å². The molecule has 3 aromatic carbocycles. The smallest absolute Gasteiger partial charge is 0.265 e. The second kappa shape index (κ2) is 8.05. The predicted molar refractivity (Wildman–Crippen MR) is 121 cm³/mol. The van der Waals surface area contributed by atoms with Crippen molar-refractivity contribution in [3.63, 3.8) is 0 Å². The summed E-state index contributed by atoms with van der Waals surface area (Å²) in [6.45, 7) is 1.73. The number of fused-ring (bicyclic) bond motifs is 1. The first-order chi connectivity index (χ1) is 14.8. The van der Waals surface area contributed by atoms with Gasteiger partial charge in [0.15, 0.2) is 0 Å². The monoisotopic (exact) mass is 455 g/mol. The lowest BCUT2D eigenvalue weighted by Crippen LogP contribution is -2.22. The van der Waals surface area contributed by atoms with Crippen molar-refractivity contribution >= 4 is 38.2 Å². The Kier molecular flexibility index (Phi) is 5.43. The lowest BCUT2D eigenvalue weighted by molar-refractivity contribution is 0.416. The summed E-state index contributed by atoms with van der Waals surface area (Å²) in [5.74, 6) is 0.759. The molecular weight excluding hydrogens is 438 g/mol. The number of aromatic nitrogens is 2. The first-order valence-electron chi connectivity index (χ1n) is 9.25. The highest BCUT2D eigenvalue weighted by molar-refractivity contribution is 7.92. The van der Waals surface area contributed by atoms with Gasteiger partial charge in [0.2, 0.25) is 0 Å². The number of sulfonamides is 1. The molecule has 0 aliphatic rings. The number of nitrogens with zero attached hydrogens (tertiary/aromatic N) is 2. The maximum atomic E-state index is 13.0. The molecule has 0 bridgehead atoms. The number of halogens is 1. The first-order valence-corrected chi connectivity index (χ1v) is 11.1. The SMILES string of the molecule is COc1cc(-n2c(C)nc3ccccc3c2=O)ccc1NS(=O)(=O)c1ccc(Cl)cc1. The molecule has 158 valence electrons. The third-order valence-electron chi connectivity index (χ3n) is 4.75. The number of hydrogen-bond acceptors (Lipinski definition) is 5. The third kappa shape index (κ3) is 3.99. The molecule has 0 fully saturated rings. The molecule has 1 heterocycles. The van der Waals surface area contributed by atoms with Crippen LogP contribution in [0.1, 0.15) is 5.82 Å². The van der Waals surface area contributed by atoms with E-state index >= 15 is 0 Å². The Morgan fingerprint density at radius 2 is 1.74 bits per heavy atom. The number of rotatable bonds is 5. The molecule has 7 nitrogen and oxygen atoms in total. The molecule has 0 saturated carbocycles. The van der Waals surface area contributed by atoms with E-state index in [1.165, 1.54) is 35.9 Å². The van der Waals surface area contributed by atoms with Crippen LogP contribution in [0.15, 0.2) is 76.4 Å². The van der Waals surface area contributed by atoms with Gasteiger partial charge in [-0.2, -0.15) is 0 Å². The second-order valence-electron chi connectivity index (χ2n) is 6.76. The van der Waals surface area contributed by atoms with Crippen LogP contribution >= 0.6 is 11.6 Å². The van der Waals surface area contributed by atoms with Gasteiger partial charge in [-0.05, 0) is 55.5 Å². The Morgan fingerprint density at radius 3 is 2.45 bits per heavy atom. The minimum absolute atomic E-state index is 0.0637. The minimum atomic E-state index is -3.85. The highest BCUT2D eigenvalue weighted by atomic mass is 35.5. The van der Waals surface area contributed by atoms with Gasteiger partial charge >= 0.3 is 0 Å². The average molecular weight is 456 g/mol. The first kappa shape index (κ1) is 20.9. The van der Waals surface area contributed by atoms with Crippen molar-refractivity contribution in [3.05, 3.63) is 87.9 Å². The lowest BCUT2D eigenvalue weighted by Gasteiger charge is -2.15. The predicted octanol–water partition coefficient (Wildman–Crippen LogP) is 4.16. The van der Waals surface area contributed by atoms with E-state index in [9.17, 15) is 13.2 Å². The molecule has 0 radical (unpaired) electrons. The molecular formula is C22H18ClN3O4S. The standard InChI is InChI=1S/C22H18ClN3O4S/c1-14-24-19-6-4-3-5-18(19)22(27)26(14)16-9-12-20(21(13-16)30-2)25-31(28,29)17-10-7-15(23)8-11-17/h3-13,25H,1-2H3. The molecule has 0 aliphatic carbocycles. The molecule has 31 heavy (non-hydrogen) atoms. The van der Waals surface area contributed by atoms with E-state index in [0.717, 1.165) is 0 Å². The normalized spacial score (nSPS) is 11.5. The van der Waals surface area contributed by atoms with Crippen LogP contribution in [0.25, 0.3) is 16.6 Å². The number of methoxy groups -OCH3 is 1. The fraction of sp³-hybridized carbons (Fsp3) is 0.0909. The van der Waals surface area contributed by atoms with Gasteiger partial charge in [-0.3, -0.25) is 14.1 Å². The van der Waals surface area contributed by atoms with Crippen molar-refractivity contribution in [2.45, 2.75) is 11.8 Å². The molecule has 1 N–H and O–H groups in total. The molecule has 0 saturated heterocycles. The zero-order valence-corrected chi connectivity index (χ0v) is 18.2. The highest BCUT2D eigenvalue weighted by Gasteiger charge is 2.18. The van der Waals surface area contributed by atoms with Crippen LogP contribution in [-0.4, -0.2) is 25.1 Å². The molecule has 0 aliphatic heterocycles. The van der Waals surface area contributed by atoms with Gasteiger partial charge in [0.1, 0.15) is 11.6 Å². The summed E-state index contributed by atoms with van der Waals surface area (Å²) in [5.41, 5.74) is 1.13. The topological polar surface area (TPSA) is 90.3 Å². The van der Waals surface area contributed by atoms with Crippen molar-refractivity contribution in [3.8, 4) is 11.4 Å². The zero-order chi connectivity index (χ0) is 22.2. The summed E-state index contributed by atoms with van der Waals surface area (Å²) < 4.78 is 34.8. The van der Waals surface area contributed by atoms with E-state index in [0.29, 0.717) is 27.4 Å². The van der Waals surface area contributed by atoms with Gasteiger partial charge < -0.3 is 4.74 Å². The Labute approximate surface area is 183 Å². The van der Waals surface area contributed by atoms with Gasteiger partial charge in [-0.15, -0.1) is 0 Å². The van der Waals surface area contributed by atoms with Gasteiger partial charge in [-0.1, -0.05) is 23.7 Å². The molecule has 4 rings (SSSR count). The van der Waals surface area contributed by atoms with Crippen LogP contribution in [-0.2, 0) is 10.0 Å². The quantitative estimate of drug-likeness (QED) is 0.488. The molecule has 0 spiro atoms. The minimum Gasteiger partial charge on any atom is -0.494 e. The lowest BCUT2D eigenvalue weighted by atomic mass is 10.2. The number of ether oxygens (including phenoxy) is 1. The average Bonchev–Trinajstić information content (AvgIpc) is 2.74. The van der Waals surface area contributed by atoms with E-state index in [1.54, 1.807) is 43.3 Å². The maximum Gasteiger partial charge on any atom is 0.265 e. The third-order valence-corrected chi connectivity index (χ3v) is 6.39. The molecule has 0 amide bonds. The van der Waals surface area contributed by atoms with Gasteiger partial charge in [0.25, 0.3) is 15.6 Å². The number of para-hydroxylation sites is 1. The molecule has 0 unspecified atom stereocenters. The second-order valence-corrected chi connectivity index (χ2v) is 8.88. The number of hydrogen-bond donors (Lipinski definition) is 1. The Balaban J connectivity index is 1.77. The summed E-state index contributed by atoms with van der Waals surface area (Å²) >= 11 is 5.84. The molecule has 1 aromatic heterocycles. The van der Waals surface area contributed by atoms with E-state index in [-0.39, 0.29) is 21.9 Å². The number of nitrogens with one attached hydrogen (secondary N) is 1. The van der Waals surface area contributed by atoms with Gasteiger partial charge in [0, 0.05) is 11.1 Å². The number of anilines is 1. The summed E-state index contributed by atoms with van der Waals surface area (Å²) in [7, 11) is -2.43. The van der Waals surface area contributed by atoms with Crippen molar-refractivity contribution < 1.29 is 13.2 Å². The zero-order valence-electron chi connectivity index (χ0n) is 16.7. The van der Waals surface area contributed by atoms with Crippen LogP contribution in [0.4, 0.5) is 5.69 Å². The van der Waals surface area contributed by atoms with Gasteiger partial charge in [-0.25, -0.2) is 13.4 Å². The summed E-state index contributed by atoms with van der Waals surface area (Å²) in [6.07, 6.45) is 0. The van der Waals surface area contributed by atoms with E-state index in [2.05, 4.69) is 9.71 Å². The van der Waals surface area contributed by atoms with Crippen LogP contribution in [0.5, 0.6) is 5.75 Å². The summed E-state index contributed by atoms with van der Waals surface area (Å²) in [6, 6.07) is 17.7. The summed E-state index contributed by atoms with van der Waals surface area (Å²) in [5, 5.41) is 0.922. The van der Waals surface area contributed by atoms with E-state index < -0.39 is 10.0 Å². The van der Waals surface area contributed by atoms with Crippen LogP contribution in [0, 0.1) is 6.92 Å². The van der Waals surface area contributed by atoms with Crippen molar-refractivity contribution in [2.75, 3.05) is 11.8 Å². The van der Waals surface area contributed by atoms with Crippen LogP contribution in [0.2, 0.25) is 5.02 Å². The number of aryl methyl sites for hydroxylation is 1. The van der Waals surface area contributed by atoms with Crippen molar-refractivity contribution in [2.24, 2.45) is 0 Å². The Morgan fingerprint density at radius 1 is 1.03 bits per heavy atom. The van der Waals surface area contributed by atoms with E-state index in [1.807, 2.05) is 6.07 Å². The summed E-state index contributed by atoms with van der Waals surface area (Å²) in [4.78, 5) is 17.6. The molecule has 4 aromatic rings. The largest absolute Gasteiger partial charge is 0.494 e. The van der Waals surface area contributed by atoms with Crippen LogP contribution < -0.4 is 15.0 Å². The Hall–Kier alpha value is -3.36. The fourth-order valence-electron chi connectivity index (χ4n) is 3.27. The van der Waals surface area contributed by atoms with Crippen molar-refractivity contribution in [1.82, 2.24) is 9.55 Å². The molecule has 0 atom stereocenters. The van der Waals surface area contributed by atoms with Gasteiger partial charge in [0.05, 0.1) is 34.3 Å². The van der Waals surface area contributed by atoms with Crippen molar-refractivity contribution in [1.29, 1.82) is 0 Å². The number of benzene rings is 3.